The second kappa shape index (κ2) is 6.35. The Kier molecular flexibility index (Phi) is 5.55. The zero-order chi connectivity index (χ0) is 14.7. The van der Waals surface area contributed by atoms with Crippen LogP contribution in [0.4, 0.5) is 0 Å². The number of nitrogens with zero attached hydrogens (tertiary/aromatic N) is 2. The SMILES string of the molecule is CN(CCCN)S(=O)(=O)N1CC=C(C(C)(C)C)CC1. The molecule has 1 rings (SSSR count). The Labute approximate surface area is 117 Å². The third kappa shape index (κ3) is 4.27. The molecule has 0 fully saturated rings. The smallest absolute Gasteiger partial charge is 0.282 e. The lowest BCUT2D eigenvalue weighted by atomic mass is 9.83. The molecule has 0 bridgehead atoms. The van der Waals surface area contributed by atoms with E-state index in [-0.39, 0.29) is 5.41 Å². The van der Waals surface area contributed by atoms with Gasteiger partial charge < -0.3 is 5.73 Å². The van der Waals surface area contributed by atoms with Gasteiger partial charge in [-0.3, -0.25) is 0 Å². The Balaban J connectivity index is 2.71. The summed E-state index contributed by atoms with van der Waals surface area (Å²) in [6, 6.07) is 0. The molecule has 0 atom stereocenters. The lowest BCUT2D eigenvalue weighted by molar-refractivity contribution is 0.351. The van der Waals surface area contributed by atoms with E-state index >= 15 is 0 Å². The molecule has 0 aromatic carbocycles. The molecule has 2 N–H and O–H groups in total. The first-order valence-electron chi connectivity index (χ1n) is 6.80. The van der Waals surface area contributed by atoms with Gasteiger partial charge in [0.05, 0.1) is 0 Å². The Morgan fingerprint density at radius 3 is 2.47 bits per heavy atom. The van der Waals surface area contributed by atoms with Gasteiger partial charge in [0.15, 0.2) is 0 Å². The first kappa shape index (κ1) is 16.6. The molecule has 6 heteroatoms. The molecule has 0 saturated heterocycles. The van der Waals surface area contributed by atoms with Crippen LogP contribution in [0, 0.1) is 5.41 Å². The molecule has 0 spiro atoms. The standard InChI is InChI=1S/C13H27N3O2S/c1-13(2,3)12-6-10-16(11-7-12)19(17,18)15(4)9-5-8-14/h6H,5,7-11,14H2,1-4H3. The van der Waals surface area contributed by atoms with E-state index in [0.717, 1.165) is 6.42 Å². The molecule has 1 aliphatic rings. The minimum absolute atomic E-state index is 0.126. The van der Waals surface area contributed by atoms with Crippen molar-refractivity contribution >= 4 is 10.2 Å². The number of rotatable bonds is 5. The maximum Gasteiger partial charge on any atom is 0.282 e. The van der Waals surface area contributed by atoms with Crippen LogP contribution >= 0.6 is 0 Å². The van der Waals surface area contributed by atoms with E-state index in [0.29, 0.717) is 32.6 Å². The Hall–Kier alpha value is -0.430. The topological polar surface area (TPSA) is 66.6 Å². The predicted octanol–water partition coefficient (Wildman–Crippen LogP) is 1.19. The van der Waals surface area contributed by atoms with Gasteiger partial charge in [0.25, 0.3) is 10.2 Å². The summed E-state index contributed by atoms with van der Waals surface area (Å²) in [6.07, 6.45) is 3.55. The van der Waals surface area contributed by atoms with E-state index in [4.69, 9.17) is 5.73 Å². The quantitative estimate of drug-likeness (QED) is 0.773. The van der Waals surface area contributed by atoms with Crippen molar-refractivity contribution in [3.8, 4) is 0 Å². The maximum atomic E-state index is 12.3. The summed E-state index contributed by atoms with van der Waals surface area (Å²) in [4.78, 5) is 0. The van der Waals surface area contributed by atoms with E-state index in [1.165, 1.54) is 9.88 Å². The highest BCUT2D eigenvalue weighted by atomic mass is 32.2. The summed E-state index contributed by atoms with van der Waals surface area (Å²) in [7, 11) is -1.72. The van der Waals surface area contributed by atoms with E-state index in [1.807, 2.05) is 0 Å². The van der Waals surface area contributed by atoms with Crippen molar-refractivity contribution in [2.75, 3.05) is 33.2 Å². The average Bonchev–Trinajstić information content (AvgIpc) is 2.35. The van der Waals surface area contributed by atoms with Crippen molar-refractivity contribution in [3.05, 3.63) is 11.6 Å². The zero-order valence-electron chi connectivity index (χ0n) is 12.5. The normalized spacial score (nSPS) is 18.7. The Bertz CT molecular complexity index is 424. The first-order valence-corrected chi connectivity index (χ1v) is 8.20. The van der Waals surface area contributed by atoms with Crippen molar-refractivity contribution in [2.45, 2.75) is 33.6 Å². The fraction of sp³-hybridized carbons (Fsp3) is 0.846. The van der Waals surface area contributed by atoms with Crippen molar-refractivity contribution in [3.63, 3.8) is 0 Å². The average molecular weight is 289 g/mol. The van der Waals surface area contributed by atoms with Crippen LogP contribution in [-0.2, 0) is 10.2 Å². The minimum atomic E-state index is -3.34. The zero-order valence-corrected chi connectivity index (χ0v) is 13.3. The highest BCUT2D eigenvalue weighted by Gasteiger charge is 2.30. The molecule has 0 aromatic heterocycles. The lowest BCUT2D eigenvalue weighted by Gasteiger charge is -2.33. The van der Waals surface area contributed by atoms with Crippen molar-refractivity contribution in [2.24, 2.45) is 11.1 Å². The minimum Gasteiger partial charge on any atom is -0.330 e. The van der Waals surface area contributed by atoms with Gasteiger partial charge in [-0.2, -0.15) is 17.0 Å². The molecule has 1 heterocycles. The highest BCUT2D eigenvalue weighted by Crippen LogP contribution is 2.30. The first-order chi connectivity index (χ1) is 8.69. The molecule has 0 aromatic rings. The molecule has 19 heavy (non-hydrogen) atoms. The molecule has 0 saturated carbocycles. The monoisotopic (exact) mass is 289 g/mol. The van der Waals surface area contributed by atoms with E-state index in [9.17, 15) is 8.42 Å². The fourth-order valence-electron chi connectivity index (χ4n) is 2.17. The number of hydrogen-bond acceptors (Lipinski definition) is 3. The van der Waals surface area contributed by atoms with Crippen molar-refractivity contribution in [1.82, 2.24) is 8.61 Å². The molecule has 0 aliphatic carbocycles. The van der Waals surface area contributed by atoms with Gasteiger partial charge in [-0.25, -0.2) is 0 Å². The number of nitrogens with two attached hydrogens (primary N) is 1. The second-order valence-electron chi connectivity index (χ2n) is 6.06. The molecule has 112 valence electrons. The lowest BCUT2D eigenvalue weighted by Crippen LogP contribution is -2.45. The summed E-state index contributed by atoms with van der Waals surface area (Å²) in [5.41, 5.74) is 6.88. The van der Waals surface area contributed by atoms with E-state index in [2.05, 4.69) is 26.8 Å². The van der Waals surface area contributed by atoms with Gasteiger partial charge in [-0.1, -0.05) is 32.4 Å². The summed E-state index contributed by atoms with van der Waals surface area (Å²) in [5, 5.41) is 0. The second-order valence-corrected chi connectivity index (χ2v) is 8.09. The van der Waals surface area contributed by atoms with Crippen LogP contribution in [0.5, 0.6) is 0 Å². The van der Waals surface area contributed by atoms with Crippen LogP contribution < -0.4 is 5.73 Å². The Morgan fingerprint density at radius 2 is 2.05 bits per heavy atom. The highest BCUT2D eigenvalue weighted by molar-refractivity contribution is 7.86. The van der Waals surface area contributed by atoms with Crippen molar-refractivity contribution < 1.29 is 8.42 Å². The van der Waals surface area contributed by atoms with Gasteiger partial charge in [-0.15, -0.1) is 0 Å². The maximum absolute atomic E-state index is 12.3. The molecular weight excluding hydrogens is 262 g/mol. The predicted molar refractivity (Wildman–Crippen MR) is 78.9 cm³/mol. The van der Waals surface area contributed by atoms with Gasteiger partial charge in [-0.05, 0) is 24.8 Å². The van der Waals surface area contributed by atoms with Gasteiger partial charge in [0, 0.05) is 26.7 Å². The van der Waals surface area contributed by atoms with Crippen LogP contribution in [0.2, 0.25) is 0 Å². The summed E-state index contributed by atoms with van der Waals surface area (Å²) in [6.45, 7) is 8.52. The third-order valence-electron chi connectivity index (χ3n) is 3.53. The van der Waals surface area contributed by atoms with Crippen LogP contribution in [0.15, 0.2) is 11.6 Å². The molecule has 1 aliphatic heterocycles. The summed E-state index contributed by atoms with van der Waals surface area (Å²) in [5.74, 6) is 0. The van der Waals surface area contributed by atoms with Crippen LogP contribution in [-0.4, -0.2) is 50.3 Å². The van der Waals surface area contributed by atoms with Crippen LogP contribution in [0.25, 0.3) is 0 Å². The largest absolute Gasteiger partial charge is 0.330 e. The van der Waals surface area contributed by atoms with Crippen LogP contribution in [0.3, 0.4) is 0 Å². The fourth-order valence-corrected chi connectivity index (χ4v) is 3.51. The molecule has 0 amide bonds. The van der Waals surface area contributed by atoms with Crippen LogP contribution in [0.1, 0.15) is 33.6 Å². The van der Waals surface area contributed by atoms with Gasteiger partial charge in [0.1, 0.15) is 0 Å². The van der Waals surface area contributed by atoms with Crippen molar-refractivity contribution in [1.29, 1.82) is 0 Å². The van der Waals surface area contributed by atoms with E-state index < -0.39 is 10.2 Å². The summed E-state index contributed by atoms with van der Waals surface area (Å²) < 4.78 is 27.6. The molecule has 5 nitrogen and oxygen atoms in total. The molecular formula is C13H27N3O2S. The molecule has 0 radical (unpaired) electrons. The van der Waals surface area contributed by atoms with Gasteiger partial charge in [0.2, 0.25) is 0 Å². The Morgan fingerprint density at radius 1 is 1.42 bits per heavy atom. The third-order valence-corrected chi connectivity index (χ3v) is 5.49. The van der Waals surface area contributed by atoms with Gasteiger partial charge >= 0.3 is 0 Å². The molecule has 0 unspecified atom stereocenters. The van der Waals surface area contributed by atoms with E-state index in [1.54, 1.807) is 11.4 Å². The summed E-state index contributed by atoms with van der Waals surface area (Å²) >= 11 is 0. The number of hydrogen-bond donors (Lipinski definition) is 1.